The summed E-state index contributed by atoms with van der Waals surface area (Å²) in [6, 6.07) is 2.35. The maximum absolute atomic E-state index is 4.77. The number of fused-ring (bicyclic) bond motifs is 1. The fraction of sp³-hybridized carbons (Fsp3) is 0.650. The van der Waals surface area contributed by atoms with Crippen molar-refractivity contribution in [2.24, 2.45) is 10.9 Å². The predicted molar refractivity (Wildman–Crippen MR) is 116 cm³/mol. The molecule has 1 saturated heterocycles. The third-order valence-electron chi connectivity index (χ3n) is 5.67. The van der Waals surface area contributed by atoms with Crippen molar-refractivity contribution in [3.8, 4) is 0 Å². The fourth-order valence-electron chi connectivity index (χ4n) is 3.86. The summed E-state index contributed by atoms with van der Waals surface area (Å²) in [6.07, 6.45) is 7.14. The molecule has 5 nitrogen and oxygen atoms in total. The van der Waals surface area contributed by atoms with Gasteiger partial charge >= 0.3 is 0 Å². The molecule has 0 bridgehead atoms. The lowest BCUT2D eigenvalue weighted by molar-refractivity contribution is 0.391. The Morgan fingerprint density at radius 2 is 1.89 bits per heavy atom. The van der Waals surface area contributed by atoms with Gasteiger partial charge in [-0.2, -0.15) is 0 Å². The van der Waals surface area contributed by atoms with Gasteiger partial charge in [-0.25, -0.2) is 9.97 Å². The molecule has 2 aromatic rings. The molecule has 5 rings (SSSR count). The van der Waals surface area contributed by atoms with E-state index in [2.05, 4.69) is 39.7 Å². The van der Waals surface area contributed by atoms with Crippen LogP contribution in [0.4, 0.5) is 5.82 Å². The first-order valence-corrected chi connectivity index (χ1v) is 11.7. The number of hydrogen-bond donors (Lipinski definition) is 0. The van der Waals surface area contributed by atoms with Crippen LogP contribution in [0.2, 0.25) is 0 Å². The summed E-state index contributed by atoms with van der Waals surface area (Å²) in [7, 11) is 0. The lowest BCUT2D eigenvalue weighted by atomic mass is 10.2. The Balaban J connectivity index is 1.28. The van der Waals surface area contributed by atoms with E-state index in [-0.39, 0.29) is 4.75 Å². The number of thioether (sulfide) groups is 1. The third kappa shape index (κ3) is 3.81. The monoisotopic (exact) mass is 401 g/mol. The van der Waals surface area contributed by atoms with Crippen LogP contribution in [-0.2, 0) is 6.42 Å². The quantitative estimate of drug-likeness (QED) is 0.774. The Kier molecular flexibility index (Phi) is 4.55. The minimum atomic E-state index is 0.249. The zero-order valence-corrected chi connectivity index (χ0v) is 17.8. The number of amidine groups is 1. The van der Waals surface area contributed by atoms with E-state index in [1.807, 2.05) is 23.1 Å². The van der Waals surface area contributed by atoms with Gasteiger partial charge in [0, 0.05) is 35.8 Å². The molecule has 0 N–H and O–H groups in total. The Morgan fingerprint density at radius 1 is 1.11 bits per heavy atom. The molecule has 2 aromatic heterocycles. The van der Waals surface area contributed by atoms with Gasteiger partial charge in [-0.1, -0.05) is 24.6 Å². The Labute approximate surface area is 169 Å². The number of aromatic nitrogens is 2. The second-order valence-electron chi connectivity index (χ2n) is 8.55. The number of thiophene rings is 1. The van der Waals surface area contributed by atoms with Crippen LogP contribution in [0.15, 0.2) is 17.4 Å². The van der Waals surface area contributed by atoms with Crippen molar-refractivity contribution in [1.29, 1.82) is 0 Å². The normalized spacial score (nSPS) is 22.5. The molecule has 27 heavy (non-hydrogen) atoms. The second kappa shape index (κ2) is 6.92. The van der Waals surface area contributed by atoms with Crippen LogP contribution < -0.4 is 4.90 Å². The lowest BCUT2D eigenvalue weighted by Crippen LogP contribution is -2.48. The highest BCUT2D eigenvalue weighted by atomic mass is 32.2. The molecular formula is C20H27N5S2. The van der Waals surface area contributed by atoms with Crippen LogP contribution in [0, 0.1) is 5.92 Å². The van der Waals surface area contributed by atoms with Crippen LogP contribution >= 0.6 is 23.1 Å². The van der Waals surface area contributed by atoms with Crippen molar-refractivity contribution in [2.75, 3.05) is 37.6 Å². The summed E-state index contributed by atoms with van der Waals surface area (Å²) in [5.74, 6) is 2.10. The molecule has 7 heteroatoms. The van der Waals surface area contributed by atoms with Gasteiger partial charge in [0.05, 0.1) is 11.9 Å². The molecule has 0 atom stereocenters. The zero-order chi connectivity index (χ0) is 18.4. The standard InChI is InChI=1S/C20H27N5S2/c1-20(2)12-21-19(27-20)25-9-7-24(8-10-25)17-16-11-15(6-5-14-3-4-14)26-18(16)23-13-22-17/h11,13-14H,3-10,12H2,1-2H3. The summed E-state index contributed by atoms with van der Waals surface area (Å²) in [5, 5.41) is 2.47. The van der Waals surface area contributed by atoms with Crippen molar-refractivity contribution in [3.05, 3.63) is 17.3 Å². The molecular weight excluding hydrogens is 374 g/mol. The van der Waals surface area contributed by atoms with Gasteiger partial charge < -0.3 is 9.80 Å². The number of aliphatic imine (C=N–C) groups is 1. The molecule has 0 radical (unpaired) electrons. The first-order chi connectivity index (χ1) is 13.1. The van der Waals surface area contributed by atoms with Crippen molar-refractivity contribution in [2.45, 2.75) is 44.3 Å². The van der Waals surface area contributed by atoms with Gasteiger partial charge in [0.15, 0.2) is 5.17 Å². The van der Waals surface area contributed by atoms with Gasteiger partial charge in [0.2, 0.25) is 0 Å². The average Bonchev–Trinajstić information content (AvgIpc) is 3.29. The average molecular weight is 402 g/mol. The SMILES string of the molecule is CC1(C)CN=C(N2CCN(c3ncnc4sc(CCC5CC5)cc34)CC2)S1. The minimum Gasteiger partial charge on any atom is -0.352 e. The van der Waals surface area contributed by atoms with Gasteiger partial charge in [-0.05, 0) is 38.7 Å². The van der Waals surface area contributed by atoms with E-state index >= 15 is 0 Å². The summed E-state index contributed by atoms with van der Waals surface area (Å²) in [4.78, 5) is 21.5. The van der Waals surface area contributed by atoms with Gasteiger partial charge in [0.25, 0.3) is 0 Å². The molecule has 3 aliphatic rings. The minimum absolute atomic E-state index is 0.249. The van der Waals surface area contributed by atoms with E-state index in [1.54, 1.807) is 6.33 Å². The fourth-order valence-corrected chi connectivity index (χ4v) is 5.93. The highest BCUT2D eigenvalue weighted by molar-refractivity contribution is 8.15. The first-order valence-electron chi connectivity index (χ1n) is 10.0. The Morgan fingerprint density at radius 3 is 2.59 bits per heavy atom. The van der Waals surface area contributed by atoms with Crippen molar-refractivity contribution in [3.63, 3.8) is 0 Å². The number of nitrogens with zero attached hydrogens (tertiary/aromatic N) is 5. The highest BCUT2D eigenvalue weighted by Gasteiger charge is 2.32. The Hall–Kier alpha value is -1.34. The Bertz CT molecular complexity index is 862. The first kappa shape index (κ1) is 17.7. The van der Waals surface area contributed by atoms with Gasteiger partial charge in [-0.15, -0.1) is 11.3 Å². The van der Waals surface area contributed by atoms with E-state index < -0.39 is 0 Å². The maximum Gasteiger partial charge on any atom is 0.159 e. The van der Waals surface area contributed by atoms with Crippen molar-refractivity contribution < 1.29 is 0 Å². The van der Waals surface area contributed by atoms with Crippen LogP contribution in [0.3, 0.4) is 0 Å². The molecule has 2 aliphatic heterocycles. The van der Waals surface area contributed by atoms with E-state index in [0.29, 0.717) is 0 Å². The summed E-state index contributed by atoms with van der Waals surface area (Å²) < 4.78 is 0.249. The van der Waals surface area contributed by atoms with Crippen LogP contribution in [0.1, 0.15) is 38.0 Å². The van der Waals surface area contributed by atoms with E-state index in [1.165, 1.54) is 41.1 Å². The van der Waals surface area contributed by atoms with Crippen molar-refractivity contribution >= 4 is 44.3 Å². The van der Waals surface area contributed by atoms with Gasteiger partial charge in [-0.3, -0.25) is 4.99 Å². The number of anilines is 1. The van der Waals surface area contributed by atoms with Gasteiger partial charge in [0.1, 0.15) is 17.0 Å². The largest absolute Gasteiger partial charge is 0.352 e. The molecule has 0 aromatic carbocycles. The summed E-state index contributed by atoms with van der Waals surface area (Å²) >= 11 is 3.78. The lowest BCUT2D eigenvalue weighted by Gasteiger charge is -2.36. The zero-order valence-electron chi connectivity index (χ0n) is 16.1. The molecule has 0 unspecified atom stereocenters. The summed E-state index contributed by atoms with van der Waals surface area (Å²) in [5.41, 5.74) is 0. The second-order valence-corrected chi connectivity index (χ2v) is 11.3. The third-order valence-corrected chi connectivity index (χ3v) is 8.02. The maximum atomic E-state index is 4.77. The number of hydrogen-bond acceptors (Lipinski definition) is 7. The highest BCUT2D eigenvalue weighted by Crippen LogP contribution is 2.37. The molecule has 2 fully saturated rings. The predicted octanol–water partition coefficient (Wildman–Crippen LogP) is 4.04. The van der Waals surface area contributed by atoms with Crippen LogP contribution in [-0.4, -0.2) is 57.5 Å². The number of rotatable bonds is 4. The molecule has 4 heterocycles. The topological polar surface area (TPSA) is 44.6 Å². The smallest absolute Gasteiger partial charge is 0.159 e. The van der Waals surface area contributed by atoms with Crippen LogP contribution in [0.5, 0.6) is 0 Å². The molecule has 1 aliphatic carbocycles. The molecule has 0 amide bonds. The molecule has 1 saturated carbocycles. The van der Waals surface area contributed by atoms with E-state index in [4.69, 9.17) is 4.99 Å². The summed E-state index contributed by atoms with van der Waals surface area (Å²) in [6.45, 7) is 9.52. The number of aryl methyl sites for hydroxylation is 1. The van der Waals surface area contributed by atoms with Crippen LogP contribution in [0.25, 0.3) is 10.2 Å². The number of piperazine rings is 1. The molecule has 0 spiro atoms. The van der Waals surface area contributed by atoms with Crippen molar-refractivity contribution in [1.82, 2.24) is 14.9 Å². The van der Waals surface area contributed by atoms with E-state index in [9.17, 15) is 0 Å². The molecule has 144 valence electrons. The van der Waals surface area contributed by atoms with E-state index in [0.717, 1.165) is 49.3 Å².